The summed E-state index contributed by atoms with van der Waals surface area (Å²) in [5, 5.41) is 3.61. The first-order valence-corrected chi connectivity index (χ1v) is 7.61. The zero-order valence-electron chi connectivity index (χ0n) is 12.6. The molecule has 22 heavy (non-hydrogen) atoms. The highest BCUT2D eigenvalue weighted by Crippen LogP contribution is 2.24. The van der Waals surface area contributed by atoms with Crippen molar-refractivity contribution in [3.63, 3.8) is 0 Å². The minimum atomic E-state index is -0.634. The average molecular weight is 301 g/mol. The second-order valence-corrected chi connectivity index (χ2v) is 5.63. The predicted molar refractivity (Wildman–Crippen MR) is 83.4 cm³/mol. The summed E-state index contributed by atoms with van der Waals surface area (Å²) in [6.07, 6.45) is 5.39. The fourth-order valence-electron chi connectivity index (χ4n) is 2.95. The van der Waals surface area contributed by atoms with E-state index in [4.69, 9.17) is 9.15 Å². The molecule has 1 heterocycles. The van der Waals surface area contributed by atoms with Gasteiger partial charge in [-0.1, -0.05) is 31.4 Å². The summed E-state index contributed by atoms with van der Waals surface area (Å²) in [5.41, 5.74) is -0.221. The molecule has 0 spiro atoms. The molecule has 5 nitrogen and oxygen atoms in total. The van der Waals surface area contributed by atoms with Gasteiger partial charge < -0.3 is 14.5 Å². The van der Waals surface area contributed by atoms with Crippen LogP contribution in [0.2, 0.25) is 0 Å². The quantitative estimate of drug-likeness (QED) is 0.885. The molecule has 1 aromatic heterocycles. The maximum Gasteiger partial charge on any atom is 0.349 e. The van der Waals surface area contributed by atoms with Crippen molar-refractivity contribution in [3.8, 4) is 5.75 Å². The Balaban J connectivity index is 1.91. The van der Waals surface area contributed by atoms with Crippen LogP contribution in [0.4, 0.5) is 0 Å². The van der Waals surface area contributed by atoms with E-state index in [0.717, 1.165) is 25.7 Å². The summed E-state index contributed by atoms with van der Waals surface area (Å²) in [6.45, 7) is 0. The molecule has 2 aromatic rings. The number of carbonyl (C=O) groups is 1. The van der Waals surface area contributed by atoms with Gasteiger partial charge in [0.15, 0.2) is 11.3 Å². The molecule has 0 saturated heterocycles. The van der Waals surface area contributed by atoms with E-state index in [2.05, 4.69) is 5.32 Å². The van der Waals surface area contributed by atoms with Crippen molar-refractivity contribution in [1.82, 2.24) is 5.32 Å². The van der Waals surface area contributed by atoms with Crippen molar-refractivity contribution >= 4 is 16.9 Å². The van der Waals surface area contributed by atoms with Crippen molar-refractivity contribution in [1.29, 1.82) is 0 Å². The Morgan fingerprint density at radius 2 is 2.05 bits per heavy atom. The molecule has 5 heteroatoms. The number of nitrogens with one attached hydrogen (secondary N) is 1. The van der Waals surface area contributed by atoms with Crippen LogP contribution in [0.5, 0.6) is 5.75 Å². The molecular weight excluding hydrogens is 282 g/mol. The second-order valence-electron chi connectivity index (χ2n) is 5.63. The number of ether oxygens (including phenoxy) is 1. The topological polar surface area (TPSA) is 68.5 Å². The molecule has 0 bridgehead atoms. The van der Waals surface area contributed by atoms with Crippen molar-refractivity contribution in [3.05, 3.63) is 40.2 Å². The fraction of sp³-hybridized carbons (Fsp3) is 0.412. The smallest absolute Gasteiger partial charge is 0.349 e. The number of fused-ring (bicyclic) bond motifs is 1. The lowest BCUT2D eigenvalue weighted by Gasteiger charge is -2.22. The first-order chi connectivity index (χ1) is 10.7. The summed E-state index contributed by atoms with van der Waals surface area (Å²) in [7, 11) is 1.51. The lowest BCUT2D eigenvalue weighted by atomic mass is 9.95. The Hall–Kier alpha value is -2.30. The maximum absolute atomic E-state index is 12.3. The highest BCUT2D eigenvalue weighted by atomic mass is 16.5. The van der Waals surface area contributed by atoms with E-state index in [1.165, 1.54) is 13.5 Å². The molecule has 0 atom stereocenters. The standard InChI is InChI=1S/C17H19NO4/c1-21-14-9-5-6-11-10-13(17(20)22-15(11)14)16(19)18-12-7-3-2-4-8-12/h5-6,9-10,12H,2-4,7-8H2,1H3,(H,18,19). The number of methoxy groups -OCH3 is 1. The highest BCUT2D eigenvalue weighted by Gasteiger charge is 2.20. The summed E-state index contributed by atoms with van der Waals surface area (Å²) in [4.78, 5) is 24.4. The summed E-state index contributed by atoms with van der Waals surface area (Å²) >= 11 is 0. The zero-order valence-corrected chi connectivity index (χ0v) is 12.6. The molecule has 0 radical (unpaired) electrons. The fourth-order valence-corrected chi connectivity index (χ4v) is 2.95. The van der Waals surface area contributed by atoms with Gasteiger partial charge in [0, 0.05) is 11.4 Å². The largest absolute Gasteiger partial charge is 0.493 e. The third-order valence-corrected chi connectivity index (χ3v) is 4.13. The minimum Gasteiger partial charge on any atom is -0.493 e. The molecule has 116 valence electrons. The average Bonchev–Trinajstić information content (AvgIpc) is 2.54. The number of hydrogen-bond donors (Lipinski definition) is 1. The van der Waals surface area contributed by atoms with Gasteiger partial charge >= 0.3 is 5.63 Å². The number of carbonyl (C=O) groups excluding carboxylic acids is 1. The van der Waals surface area contributed by atoms with E-state index in [-0.39, 0.29) is 17.5 Å². The van der Waals surface area contributed by atoms with Gasteiger partial charge in [0.1, 0.15) is 5.56 Å². The SMILES string of the molecule is COc1cccc2cc(C(=O)NC3CCCCC3)c(=O)oc12. The van der Waals surface area contributed by atoms with Crippen LogP contribution >= 0.6 is 0 Å². The minimum absolute atomic E-state index is 0.0475. The van der Waals surface area contributed by atoms with Gasteiger partial charge in [-0.15, -0.1) is 0 Å². The van der Waals surface area contributed by atoms with Crippen LogP contribution in [0.3, 0.4) is 0 Å². The molecule has 1 aliphatic carbocycles. The number of para-hydroxylation sites is 1. The van der Waals surface area contributed by atoms with Crippen LogP contribution in [0.25, 0.3) is 11.0 Å². The Morgan fingerprint density at radius 3 is 2.77 bits per heavy atom. The Kier molecular flexibility index (Phi) is 4.13. The van der Waals surface area contributed by atoms with Gasteiger partial charge in [-0.25, -0.2) is 4.79 Å². The summed E-state index contributed by atoms with van der Waals surface area (Å²) in [5.74, 6) is 0.124. The number of amides is 1. The van der Waals surface area contributed by atoms with Crippen LogP contribution in [0.1, 0.15) is 42.5 Å². The van der Waals surface area contributed by atoms with Gasteiger partial charge in [-0.05, 0) is 25.0 Å². The van der Waals surface area contributed by atoms with Crippen LogP contribution < -0.4 is 15.7 Å². The predicted octanol–water partition coefficient (Wildman–Crippen LogP) is 2.86. The summed E-state index contributed by atoms with van der Waals surface area (Å²) in [6, 6.07) is 7.03. The first-order valence-electron chi connectivity index (χ1n) is 7.61. The number of rotatable bonds is 3. The molecule has 0 unspecified atom stereocenters. The van der Waals surface area contributed by atoms with E-state index in [1.54, 1.807) is 24.3 Å². The monoisotopic (exact) mass is 301 g/mol. The van der Waals surface area contributed by atoms with E-state index in [9.17, 15) is 9.59 Å². The van der Waals surface area contributed by atoms with E-state index >= 15 is 0 Å². The molecule has 1 fully saturated rings. The molecule has 1 amide bonds. The number of benzene rings is 1. The molecule has 0 aliphatic heterocycles. The van der Waals surface area contributed by atoms with Crippen molar-refractivity contribution in [2.75, 3.05) is 7.11 Å². The Labute approximate surface area is 128 Å². The van der Waals surface area contributed by atoms with Crippen molar-refractivity contribution < 1.29 is 13.9 Å². The molecule has 1 saturated carbocycles. The highest BCUT2D eigenvalue weighted by molar-refractivity contribution is 5.97. The van der Waals surface area contributed by atoms with Gasteiger partial charge in [0.05, 0.1) is 7.11 Å². The van der Waals surface area contributed by atoms with Crippen LogP contribution in [0.15, 0.2) is 33.5 Å². The Morgan fingerprint density at radius 1 is 1.27 bits per heavy atom. The molecule has 1 aliphatic rings. The molecule has 3 rings (SSSR count). The van der Waals surface area contributed by atoms with E-state index in [0.29, 0.717) is 16.7 Å². The molecular formula is C17H19NO4. The molecule has 1 N–H and O–H groups in total. The number of hydrogen-bond acceptors (Lipinski definition) is 4. The lowest BCUT2D eigenvalue weighted by Crippen LogP contribution is -2.38. The van der Waals surface area contributed by atoms with Gasteiger partial charge in [0.2, 0.25) is 0 Å². The maximum atomic E-state index is 12.3. The van der Waals surface area contributed by atoms with Crippen molar-refractivity contribution in [2.24, 2.45) is 0 Å². The third-order valence-electron chi connectivity index (χ3n) is 4.13. The van der Waals surface area contributed by atoms with Gasteiger partial charge in [-0.3, -0.25) is 4.79 Å². The first kappa shape index (κ1) is 14.6. The van der Waals surface area contributed by atoms with Crippen molar-refractivity contribution in [2.45, 2.75) is 38.1 Å². The van der Waals surface area contributed by atoms with E-state index in [1.807, 2.05) is 0 Å². The van der Waals surface area contributed by atoms with Gasteiger partial charge in [0.25, 0.3) is 5.91 Å². The summed E-state index contributed by atoms with van der Waals surface area (Å²) < 4.78 is 10.5. The Bertz CT molecular complexity index is 744. The zero-order chi connectivity index (χ0) is 15.5. The normalized spacial score (nSPS) is 15.7. The van der Waals surface area contributed by atoms with Crippen LogP contribution in [0, 0.1) is 0 Å². The van der Waals surface area contributed by atoms with Crippen LogP contribution in [-0.4, -0.2) is 19.1 Å². The van der Waals surface area contributed by atoms with Gasteiger partial charge in [-0.2, -0.15) is 0 Å². The van der Waals surface area contributed by atoms with Crippen LogP contribution in [-0.2, 0) is 0 Å². The second kappa shape index (κ2) is 6.22. The lowest BCUT2D eigenvalue weighted by molar-refractivity contribution is 0.0924. The van der Waals surface area contributed by atoms with E-state index < -0.39 is 5.63 Å². The molecule has 1 aromatic carbocycles. The third kappa shape index (κ3) is 2.84.